The summed E-state index contributed by atoms with van der Waals surface area (Å²) >= 11 is 0. The van der Waals surface area contributed by atoms with Crippen molar-refractivity contribution in [2.45, 2.75) is 38.9 Å². The zero-order valence-electron chi connectivity index (χ0n) is 11.6. The first-order valence-electron chi connectivity index (χ1n) is 6.88. The maximum absolute atomic E-state index is 5.65. The van der Waals surface area contributed by atoms with E-state index in [1.54, 1.807) is 0 Å². The van der Waals surface area contributed by atoms with Crippen LogP contribution < -0.4 is 0 Å². The first-order valence-corrected chi connectivity index (χ1v) is 6.88. The number of ether oxygens (including phenoxy) is 5. The molecule has 2 unspecified atom stereocenters. The van der Waals surface area contributed by atoms with Crippen molar-refractivity contribution in [2.75, 3.05) is 26.4 Å². The molecule has 2 aliphatic rings. The Morgan fingerprint density at radius 2 is 1.37 bits per heavy atom. The summed E-state index contributed by atoms with van der Waals surface area (Å²) in [6, 6.07) is 0. The number of hydrogen-bond acceptors (Lipinski definition) is 5. The van der Waals surface area contributed by atoms with Crippen LogP contribution in [0, 0.1) is 0 Å². The summed E-state index contributed by atoms with van der Waals surface area (Å²) in [6.07, 6.45) is 5.88. The Kier molecular flexibility index (Phi) is 5.54. The van der Waals surface area contributed by atoms with Crippen LogP contribution in [0.3, 0.4) is 0 Å². The van der Waals surface area contributed by atoms with Gasteiger partial charge in [0.15, 0.2) is 0 Å². The third-order valence-corrected chi connectivity index (χ3v) is 2.57. The quantitative estimate of drug-likeness (QED) is 0.450. The van der Waals surface area contributed by atoms with Crippen LogP contribution in [-0.4, -0.2) is 38.6 Å². The van der Waals surface area contributed by atoms with Gasteiger partial charge in [-0.3, -0.25) is 0 Å². The molecule has 2 heterocycles. The smallest absolute Gasteiger partial charge is 0.283 e. The molecule has 5 heteroatoms. The normalized spacial score (nSPS) is 26.0. The monoisotopic (exact) mass is 270 g/mol. The van der Waals surface area contributed by atoms with Crippen molar-refractivity contribution in [3.63, 3.8) is 0 Å². The topological polar surface area (TPSA) is 52.8 Å². The van der Waals surface area contributed by atoms with Gasteiger partial charge in [0.05, 0.1) is 13.2 Å². The minimum absolute atomic E-state index is 0.211. The molecule has 0 aromatic heterocycles. The Morgan fingerprint density at radius 3 is 1.68 bits per heavy atom. The predicted octanol–water partition coefficient (Wildman–Crippen LogP) is 2.34. The number of rotatable bonds is 10. The second-order valence-corrected chi connectivity index (χ2v) is 4.50. The van der Waals surface area contributed by atoms with Crippen LogP contribution in [0.15, 0.2) is 24.0 Å². The van der Waals surface area contributed by atoms with Crippen LogP contribution in [0.25, 0.3) is 0 Å². The molecule has 0 aromatic rings. The number of hydrogen-bond donors (Lipinski definition) is 0. The van der Waals surface area contributed by atoms with Crippen molar-refractivity contribution in [1.82, 2.24) is 0 Å². The van der Waals surface area contributed by atoms with E-state index in [1.807, 2.05) is 26.0 Å². The largest absolute Gasteiger partial charge is 0.462 e. The van der Waals surface area contributed by atoms with E-state index in [2.05, 4.69) is 0 Å². The highest BCUT2D eigenvalue weighted by atomic mass is 16.8. The van der Waals surface area contributed by atoms with Crippen molar-refractivity contribution < 1.29 is 23.7 Å². The molecule has 0 aromatic carbocycles. The van der Waals surface area contributed by atoms with Crippen LogP contribution in [0.1, 0.15) is 26.7 Å². The van der Waals surface area contributed by atoms with Crippen molar-refractivity contribution in [3.8, 4) is 0 Å². The standard InChI is InChI=1S/C14H22O5/c1-3-5-13(17-9-11-7-15-11)19-14(6-4-2)18-10-12-8-16-12/h5-6,11-12H,3-4,7-10H2,1-2H3/b13-5-,14-6-. The Balaban J connectivity index is 1.79. The highest BCUT2D eigenvalue weighted by molar-refractivity contribution is 4.93. The third-order valence-electron chi connectivity index (χ3n) is 2.57. The Labute approximate surface area is 114 Å². The van der Waals surface area contributed by atoms with E-state index in [-0.39, 0.29) is 12.2 Å². The average molecular weight is 270 g/mol. The van der Waals surface area contributed by atoms with Gasteiger partial charge in [-0.1, -0.05) is 13.8 Å². The van der Waals surface area contributed by atoms with Gasteiger partial charge in [-0.2, -0.15) is 0 Å². The second kappa shape index (κ2) is 7.40. The van der Waals surface area contributed by atoms with Gasteiger partial charge in [0.2, 0.25) is 0 Å². The minimum atomic E-state index is 0.211. The van der Waals surface area contributed by atoms with Crippen molar-refractivity contribution >= 4 is 0 Å². The molecule has 2 rings (SSSR count). The van der Waals surface area contributed by atoms with Gasteiger partial charge in [-0.05, 0) is 25.0 Å². The lowest BCUT2D eigenvalue weighted by molar-refractivity contribution is -0.0126. The van der Waals surface area contributed by atoms with Gasteiger partial charge in [-0.25, -0.2) is 0 Å². The fraction of sp³-hybridized carbons (Fsp3) is 0.714. The van der Waals surface area contributed by atoms with Crippen molar-refractivity contribution in [3.05, 3.63) is 24.0 Å². The predicted molar refractivity (Wildman–Crippen MR) is 69.2 cm³/mol. The summed E-state index contributed by atoms with van der Waals surface area (Å²) in [6.45, 7) is 6.65. The maximum Gasteiger partial charge on any atom is 0.283 e. The van der Waals surface area contributed by atoms with Crippen LogP contribution in [0.5, 0.6) is 0 Å². The lowest BCUT2D eigenvalue weighted by Crippen LogP contribution is -2.08. The van der Waals surface area contributed by atoms with Gasteiger partial charge < -0.3 is 23.7 Å². The van der Waals surface area contributed by atoms with E-state index in [0.29, 0.717) is 25.1 Å². The lowest BCUT2D eigenvalue weighted by Gasteiger charge is -2.14. The third kappa shape index (κ3) is 5.98. The summed E-state index contributed by atoms with van der Waals surface area (Å²) in [4.78, 5) is 0. The lowest BCUT2D eigenvalue weighted by atomic mass is 10.4. The van der Waals surface area contributed by atoms with Gasteiger partial charge in [0.1, 0.15) is 25.4 Å². The van der Waals surface area contributed by atoms with Crippen LogP contribution in [-0.2, 0) is 23.7 Å². The SMILES string of the molecule is CC/C=C(/OCC1CO1)O/C(=C\CC)OCC1CO1. The van der Waals surface area contributed by atoms with Crippen LogP contribution in [0.4, 0.5) is 0 Å². The summed E-state index contributed by atoms with van der Waals surface area (Å²) in [5, 5.41) is 0. The summed E-state index contributed by atoms with van der Waals surface area (Å²) in [7, 11) is 0. The Bertz CT molecular complexity index is 297. The van der Waals surface area contributed by atoms with E-state index < -0.39 is 0 Å². The van der Waals surface area contributed by atoms with Gasteiger partial charge in [-0.15, -0.1) is 0 Å². The molecule has 19 heavy (non-hydrogen) atoms. The summed E-state index contributed by atoms with van der Waals surface area (Å²) < 4.78 is 27.0. The van der Waals surface area contributed by atoms with Crippen molar-refractivity contribution in [2.24, 2.45) is 0 Å². The average Bonchev–Trinajstić information content (AvgIpc) is 3.28. The number of allylic oxidation sites excluding steroid dienone is 2. The minimum Gasteiger partial charge on any atom is -0.462 e. The summed E-state index contributed by atoms with van der Waals surface area (Å²) in [5.41, 5.74) is 0. The van der Waals surface area contributed by atoms with E-state index in [1.165, 1.54) is 0 Å². The Morgan fingerprint density at radius 1 is 0.947 bits per heavy atom. The number of epoxide rings is 2. The molecule has 0 bridgehead atoms. The zero-order valence-corrected chi connectivity index (χ0v) is 11.6. The molecule has 2 saturated heterocycles. The van der Waals surface area contributed by atoms with Gasteiger partial charge >= 0.3 is 0 Å². The molecule has 2 aliphatic heterocycles. The highest BCUT2D eigenvalue weighted by Crippen LogP contribution is 2.17. The maximum atomic E-state index is 5.65. The molecule has 108 valence electrons. The van der Waals surface area contributed by atoms with E-state index in [4.69, 9.17) is 23.7 Å². The molecule has 5 nitrogen and oxygen atoms in total. The molecule has 0 spiro atoms. The van der Waals surface area contributed by atoms with Crippen LogP contribution >= 0.6 is 0 Å². The first-order chi connectivity index (χ1) is 9.31. The van der Waals surface area contributed by atoms with Gasteiger partial charge in [0, 0.05) is 0 Å². The molecule has 2 atom stereocenters. The molecule has 2 fully saturated rings. The second-order valence-electron chi connectivity index (χ2n) is 4.50. The molecular formula is C14H22O5. The molecule has 0 saturated carbocycles. The Hall–Kier alpha value is -1.20. The molecule has 0 amide bonds. The van der Waals surface area contributed by atoms with Crippen molar-refractivity contribution in [1.29, 1.82) is 0 Å². The fourth-order valence-corrected chi connectivity index (χ4v) is 1.37. The van der Waals surface area contributed by atoms with E-state index in [9.17, 15) is 0 Å². The van der Waals surface area contributed by atoms with Crippen LogP contribution in [0.2, 0.25) is 0 Å². The first kappa shape index (κ1) is 14.2. The molecular weight excluding hydrogens is 248 g/mol. The van der Waals surface area contributed by atoms with Gasteiger partial charge in [0.25, 0.3) is 11.9 Å². The summed E-state index contributed by atoms with van der Waals surface area (Å²) in [5.74, 6) is 0.962. The molecule has 0 radical (unpaired) electrons. The van der Waals surface area contributed by atoms with E-state index >= 15 is 0 Å². The highest BCUT2D eigenvalue weighted by Gasteiger charge is 2.25. The molecule has 0 aliphatic carbocycles. The van der Waals surface area contributed by atoms with E-state index in [0.717, 1.165) is 26.1 Å². The zero-order chi connectivity index (χ0) is 13.5. The molecule has 0 N–H and O–H groups in total. The fourth-order valence-electron chi connectivity index (χ4n) is 1.37.